The van der Waals surface area contributed by atoms with Gasteiger partial charge in [-0.25, -0.2) is 4.68 Å². The molecule has 0 atom stereocenters. The SMILES string of the molecule is O=C(CCc1cnn(-c2ccccc2)c1)N1CCN(Cc2ccc(Cl)cc2)CC1. The van der Waals surface area contributed by atoms with E-state index in [1.165, 1.54) is 5.56 Å². The molecule has 0 radical (unpaired) electrons. The van der Waals surface area contributed by atoms with E-state index >= 15 is 0 Å². The second-order valence-electron chi connectivity index (χ2n) is 7.41. The lowest BCUT2D eigenvalue weighted by atomic mass is 10.1. The topological polar surface area (TPSA) is 41.4 Å². The van der Waals surface area contributed by atoms with Crippen molar-refractivity contribution in [3.05, 3.63) is 83.1 Å². The number of aromatic nitrogens is 2. The van der Waals surface area contributed by atoms with Gasteiger partial charge in [0, 0.05) is 50.4 Å². The number of benzene rings is 2. The molecule has 0 bridgehead atoms. The van der Waals surface area contributed by atoms with E-state index < -0.39 is 0 Å². The minimum Gasteiger partial charge on any atom is -0.340 e. The third-order valence-corrected chi connectivity index (χ3v) is 5.58. The highest BCUT2D eigenvalue weighted by Crippen LogP contribution is 2.14. The maximum absolute atomic E-state index is 12.6. The molecule has 5 nitrogen and oxygen atoms in total. The van der Waals surface area contributed by atoms with E-state index in [0.29, 0.717) is 6.42 Å². The second kappa shape index (κ2) is 9.25. The average molecular weight is 409 g/mol. The summed E-state index contributed by atoms with van der Waals surface area (Å²) in [5.41, 5.74) is 3.37. The molecule has 1 amide bonds. The normalized spacial score (nSPS) is 14.9. The summed E-state index contributed by atoms with van der Waals surface area (Å²) >= 11 is 5.95. The molecule has 6 heteroatoms. The molecule has 0 spiro atoms. The van der Waals surface area contributed by atoms with Crippen molar-refractivity contribution in [2.75, 3.05) is 26.2 Å². The lowest BCUT2D eigenvalue weighted by Gasteiger charge is -2.34. The zero-order chi connectivity index (χ0) is 20.1. The second-order valence-corrected chi connectivity index (χ2v) is 7.85. The third-order valence-electron chi connectivity index (χ3n) is 5.33. The molecule has 1 fully saturated rings. The van der Waals surface area contributed by atoms with Crippen LogP contribution in [-0.4, -0.2) is 51.7 Å². The first-order valence-electron chi connectivity index (χ1n) is 10.0. The number of halogens is 1. The van der Waals surface area contributed by atoms with E-state index in [1.807, 2.05) is 64.4 Å². The highest BCUT2D eigenvalue weighted by atomic mass is 35.5. The van der Waals surface area contributed by atoms with Crippen molar-refractivity contribution in [2.24, 2.45) is 0 Å². The highest BCUT2D eigenvalue weighted by molar-refractivity contribution is 6.30. The summed E-state index contributed by atoms with van der Waals surface area (Å²) < 4.78 is 1.86. The first-order valence-corrected chi connectivity index (χ1v) is 10.4. The fourth-order valence-corrected chi connectivity index (χ4v) is 3.75. The van der Waals surface area contributed by atoms with E-state index in [-0.39, 0.29) is 5.91 Å². The summed E-state index contributed by atoms with van der Waals surface area (Å²) in [5.74, 6) is 0.226. The van der Waals surface area contributed by atoms with Crippen molar-refractivity contribution < 1.29 is 4.79 Å². The van der Waals surface area contributed by atoms with Gasteiger partial charge in [0.05, 0.1) is 11.9 Å². The Bertz CT molecular complexity index is 931. The molecule has 2 aromatic carbocycles. The standard InChI is InChI=1S/C23H25ClN4O/c24-21-9-6-19(7-10-21)17-26-12-14-27(15-13-26)23(29)11-8-20-16-25-28(18-20)22-4-2-1-3-5-22/h1-7,9-10,16,18H,8,11-15,17H2. The molecule has 3 aromatic rings. The number of hydrogen-bond acceptors (Lipinski definition) is 3. The lowest BCUT2D eigenvalue weighted by molar-refractivity contribution is -0.133. The fourth-order valence-electron chi connectivity index (χ4n) is 3.62. The molecule has 0 saturated carbocycles. The number of aryl methyl sites for hydroxylation is 1. The Hall–Kier alpha value is -2.63. The molecular weight excluding hydrogens is 384 g/mol. The highest BCUT2D eigenvalue weighted by Gasteiger charge is 2.21. The van der Waals surface area contributed by atoms with Gasteiger partial charge in [-0.1, -0.05) is 41.9 Å². The van der Waals surface area contributed by atoms with Crippen LogP contribution in [0.4, 0.5) is 0 Å². The molecule has 1 aromatic heterocycles. The van der Waals surface area contributed by atoms with Gasteiger partial charge in [-0.2, -0.15) is 5.10 Å². The quantitative estimate of drug-likeness (QED) is 0.623. The Morgan fingerprint density at radius 1 is 0.931 bits per heavy atom. The Labute approximate surface area is 176 Å². The molecular formula is C23H25ClN4O. The number of carbonyl (C=O) groups is 1. The van der Waals surface area contributed by atoms with Crippen LogP contribution in [0.3, 0.4) is 0 Å². The number of rotatable bonds is 6. The predicted molar refractivity (Wildman–Crippen MR) is 115 cm³/mol. The molecule has 1 saturated heterocycles. The largest absolute Gasteiger partial charge is 0.340 e. The average Bonchev–Trinajstić information content (AvgIpc) is 3.24. The van der Waals surface area contributed by atoms with Crippen LogP contribution >= 0.6 is 11.6 Å². The minimum atomic E-state index is 0.226. The maximum atomic E-state index is 12.6. The van der Waals surface area contributed by atoms with E-state index in [1.54, 1.807) is 0 Å². The number of piperazine rings is 1. The Balaban J connectivity index is 1.23. The predicted octanol–water partition coefficient (Wildman–Crippen LogP) is 3.80. The van der Waals surface area contributed by atoms with Gasteiger partial charge in [-0.3, -0.25) is 9.69 Å². The van der Waals surface area contributed by atoms with E-state index in [0.717, 1.165) is 55.4 Å². The van der Waals surface area contributed by atoms with Crippen molar-refractivity contribution in [1.82, 2.24) is 19.6 Å². The molecule has 0 N–H and O–H groups in total. The van der Waals surface area contributed by atoms with Crippen molar-refractivity contribution in [1.29, 1.82) is 0 Å². The van der Waals surface area contributed by atoms with E-state index in [4.69, 9.17) is 11.6 Å². The first kappa shape index (κ1) is 19.7. The minimum absolute atomic E-state index is 0.226. The van der Waals surface area contributed by atoms with Gasteiger partial charge in [-0.15, -0.1) is 0 Å². The molecule has 0 aliphatic carbocycles. The smallest absolute Gasteiger partial charge is 0.222 e. The van der Waals surface area contributed by atoms with Crippen LogP contribution < -0.4 is 0 Å². The number of amides is 1. The molecule has 4 rings (SSSR count). The summed E-state index contributed by atoms with van der Waals surface area (Å²) in [7, 11) is 0. The molecule has 1 aliphatic heterocycles. The van der Waals surface area contributed by atoms with Crippen LogP contribution in [0, 0.1) is 0 Å². The number of nitrogens with zero attached hydrogens (tertiary/aromatic N) is 4. The molecule has 150 valence electrons. The third kappa shape index (κ3) is 5.25. The Kier molecular flexibility index (Phi) is 6.27. The van der Waals surface area contributed by atoms with Crippen molar-refractivity contribution in [3.63, 3.8) is 0 Å². The molecule has 0 unspecified atom stereocenters. The van der Waals surface area contributed by atoms with Gasteiger partial charge < -0.3 is 4.90 Å². The van der Waals surface area contributed by atoms with Gasteiger partial charge in [0.1, 0.15) is 0 Å². The maximum Gasteiger partial charge on any atom is 0.222 e. The van der Waals surface area contributed by atoms with Crippen molar-refractivity contribution in [2.45, 2.75) is 19.4 Å². The summed E-state index contributed by atoms with van der Waals surface area (Å²) in [6.07, 6.45) is 5.10. The zero-order valence-corrected chi connectivity index (χ0v) is 17.1. The summed E-state index contributed by atoms with van der Waals surface area (Å²) in [5, 5.41) is 5.17. The lowest BCUT2D eigenvalue weighted by Crippen LogP contribution is -2.48. The monoisotopic (exact) mass is 408 g/mol. The van der Waals surface area contributed by atoms with Crippen LogP contribution in [0.1, 0.15) is 17.5 Å². The number of carbonyl (C=O) groups excluding carboxylic acids is 1. The molecule has 1 aliphatic rings. The van der Waals surface area contributed by atoms with Gasteiger partial charge in [0.25, 0.3) is 0 Å². The van der Waals surface area contributed by atoms with Crippen LogP contribution in [0.2, 0.25) is 5.02 Å². The molecule has 29 heavy (non-hydrogen) atoms. The Morgan fingerprint density at radius 3 is 2.38 bits per heavy atom. The summed E-state index contributed by atoms with van der Waals surface area (Å²) in [4.78, 5) is 17.0. The van der Waals surface area contributed by atoms with Gasteiger partial charge in [-0.05, 0) is 41.8 Å². The van der Waals surface area contributed by atoms with Gasteiger partial charge in [0.2, 0.25) is 5.91 Å². The van der Waals surface area contributed by atoms with Crippen LogP contribution in [0.15, 0.2) is 67.0 Å². The Morgan fingerprint density at radius 2 is 1.66 bits per heavy atom. The zero-order valence-electron chi connectivity index (χ0n) is 16.4. The van der Waals surface area contributed by atoms with Crippen molar-refractivity contribution >= 4 is 17.5 Å². The van der Waals surface area contributed by atoms with E-state index in [9.17, 15) is 4.79 Å². The van der Waals surface area contributed by atoms with Crippen LogP contribution in [-0.2, 0) is 17.8 Å². The summed E-state index contributed by atoms with van der Waals surface area (Å²) in [6, 6.07) is 18.0. The first-order chi connectivity index (χ1) is 14.2. The van der Waals surface area contributed by atoms with E-state index in [2.05, 4.69) is 22.1 Å². The number of hydrogen-bond donors (Lipinski definition) is 0. The fraction of sp³-hybridized carbons (Fsp3) is 0.304. The van der Waals surface area contributed by atoms with Crippen LogP contribution in [0.5, 0.6) is 0 Å². The van der Waals surface area contributed by atoms with Crippen molar-refractivity contribution in [3.8, 4) is 5.69 Å². The van der Waals surface area contributed by atoms with Gasteiger partial charge in [0.15, 0.2) is 0 Å². The molecule has 2 heterocycles. The van der Waals surface area contributed by atoms with Crippen LogP contribution in [0.25, 0.3) is 5.69 Å². The van der Waals surface area contributed by atoms with Gasteiger partial charge >= 0.3 is 0 Å². The number of para-hydroxylation sites is 1. The summed E-state index contributed by atoms with van der Waals surface area (Å²) in [6.45, 7) is 4.28.